The topological polar surface area (TPSA) is 27.6 Å². The van der Waals surface area contributed by atoms with Gasteiger partial charge in [0, 0.05) is 17.8 Å². The van der Waals surface area contributed by atoms with Crippen LogP contribution in [0, 0.1) is 5.92 Å². The van der Waals surface area contributed by atoms with Crippen molar-refractivity contribution in [2.24, 2.45) is 10.9 Å². The van der Waals surface area contributed by atoms with E-state index in [9.17, 15) is 0 Å². The maximum absolute atomic E-state index is 4.72. The number of thioether (sulfide) groups is 1. The van der Waals surface area contributed by atoms with Crippen LogP contribution in [0.3, 0.4) is 0 Å². The van der Waals surface area contributed by atoms with E-state index >= 15 is 0 Å². The van der Waals surface area contributed by atoms with E-state index in [1.807, 2.05) is 11.8 Å². The summed E-state index contributed by atoms with van der Waals surface area (Å²) in [7, 11) is 0. The van der Waals surface area contributed by atoms with Crippen molar-refractivity contribution in [3.63, 3.8) is 0 Å². The number of hydrogen-bond donors (Lipinski definition) is 1. The molecule has 2 heterocycles. The molecule has 0 aromatic rings. The van der Waals surface area contributed by atoms with Crippen molar-refractivity contribution in [2.75, 3.05) is 26.2 Å². The lowest BCUT2D eigenvalue weighted by Crippen LogP contribution is -2.42. The molecule has 4 heteroatoms. The van der Waals surface area contributed by atoms with E-state index in [0.717, 1.165) is 19.0 Å². The monoisotopic (exact) mass is 297 g/mol. The van der Waals surface area contributed by atoms with Gasteiger partial charge < -0.3 is 10.2 Å². The number of nitrogens with one attached hydrogen (secondary N) is 1. The zero-order chi connectivity index (χ0) is 14.4. The molecule has 0 radical (unpaired) electrons. The van der Waals surface area contributed by atoms with Gasteiger partial charge in [-0.25, -0.2) is 0 Å². The minimum atomic E-state index is 0.514. The Morgan fingerprint density at radius 3 is 2.60 bits per heavy atom. The van der Waals surface area contributed by atoms with Crippen LogP contribution in [0.25, 0.3) is 0 Å². The van der Waals surface area contributed by atoms with E-state index in [1.54, 1.807) is 0 Å². The average molecular weight is 298 g/mol. The molecule has 2 atom stereocenters. The first kappa shape index (κ1) is 16.2. The zero-order valence-electron chi connectivity index (χ0n) is 13.4. The Labute approximate surface area is 129 Å². The van der Waals surface area contributed by atoms with Crippen LogP contribution in [0.1, 0.15) is 52.9 Å². The largest absolute Gasteiger partial charge is 0.361 e. The second-order valence-corrected chi connectivity index (χ2v) is 7.51. The van der Waals surface area contributed by atoms with E-state index in [4.69, 9.17) is 4.99 Å². The van der Waals surface area contributed by atoms with Crippen molar-refractivity contribution in [3.8, 4) is 0 Å². The molecule has 1 N–H and O–H groups in total. The highest BCUT2D eigenvalue weighted by Crippen LogP contribution is 2.30. The molecule has 0 aliphatic carbocycles. The van der Waals surface area contributed by atoms with Crippen molar-refractivity contribution in [1.82, 2.24) is 10.2 Å². The van der Waals surface area contributed by atoms with Gasteiger partial charge in [-0.2, -0.15) is 0 Å². The third-order valence-electron chi connectivity index (χ3n) is 4.60. The summed E-state index contributed by atoms with van der Waals surface area (Å²) in [5.41, 5.74) is 0. The van der Waals surface area contributed by atoms with E-state index in [2.05, 4.69) is 31.0 Å². The van der Waals surface area contributed by atoms with Crippen LogP contribution in [0.15, 0.2) is 4.99 Å². The third-order valence-corrected chi connectivity index (χ3v) is 5.91. The van der Waals surface area contributed by atoms with Gasteiger partial charge in [0.15, 0.2) is 5.17 Å². The van der Waals surface area contributed by atoms with Gasteiger partial charge in [0.1, 0.15) is 0 Å². The fourth-order valence-electron chi connectivity index (χ4n) is 3.32. The van der Waals surface area contributed by atoms with Crippen molar-refractivity contribution >= 4 is 16.9 Å². The van der Waals surface area contributed by atoms with E-state index in [-0.39, 0.29) is 0 Å². The Hall–Kier alpha value is -0.220. The summed E-state index contributed by atoms with van der Waals surface area (Å²) in [6.07, 6.45) is 6.72. The lowest BCUT2D eigenvalue weighted by atomic mass is 9.99. The molecule has 0 aromatic heterocycles. The van der Waals surface area contributed by atoms with Crippen LogP contribution in [0.2, 0.25) is 0 Å². The highest BCUT2D eigenvalue weighted by molar-refractivity contribution is 8.14. The minimum Gasteiger partial charge on any atom is -0.361 e. The van der Waals surface area contributed by atoms with Crippen LogP contribution in [-0.4, -0.2) is 47.5 Å². The third kappa shape index (κ3) is 4.66. The van der Waals surface area contributed by atoms with Crippen LogP contribution in [0.5, 0.6) is 0 Å². The van der Waals surface area contributed by atoms with Gasteiger partial charge in [-0.15, -0.1) is 0 Å². The molecule has 20 heavy (non-hydrogen) atoms. The highest BCUT2D eigenvalue weighted by atomic mass is 32.2. The van der Waals surface area contributed by atoms with E-state index < -0.39 is 0 Å². The number of rotatable bonds is 6. The highest BCUT2D eigenvalue weighted by Gasteiger charge is 2.26. The molecule has 1 saturated heterocycles. The molecule has 2 rings (SSSR count). The predicted octanol–water partition coefficient (Wildman–Crippen LogP) is 3.36. The molecule has 2 unspecified atom stereocenters. The zero-order valence-corrected chi connectivity index (χ0v) is 14.2. The van der Waals surface area contributed by atoms with Crippen LogP contribution in [-0.2, 0) is 0 Å². The van der Waals surface area contributed by atoms with Gasteiger partial charge >= 0.3 is 0 Å². The number of piperidine rings is 1. The maximum Gasteiger partial charge on any atom is 0.157 e. The number of aliphatic imine (C=N–C) groups is 1. The molecule has 0 amide bonds. The molecule has 3 nitrogen and oxygen atoms in total. The summed E-state index contributed by atoms with van der Waals surface area (Å²) in [6, 6.07) is 0.514. The van der Waals surface area contributed by atoms with Crippen LogP contribution in [0.4, 0.5) is 0 Å². The molecule has 0 aromatic carbocycles. The summed E-state index contributed by atoms with van der Waals surface area (Å²) in [5.74, 6) is 0.820. The minimum absolute atomic E-state index is 0.514. The van der Waals surface area contributed by atoms with Gasteiger partial charge in [-0.1, -0.05) is 44.9 Å². The first-order valence-corrected chi connectivity index (χ1v) is 9.30. The van der Waals surface area contributed by atoms with Crippen molar-refractivity contribution < 1.29 is 0 Å². The Bertz CT molecular complexity index is 309. The summed E-state index contributed by atoms with van der Waals surface area (Å²) in [4.78, 5) is 7.31. The lowest BCUT2D eigenvalue weighted by molar-refractivity contribution is 0.215. The van der Waals surface area contributed by atoms with Crippen molar-refractivity contribution in [1.29, 1.82) is 0 Å². The molecular formula is C16H31N3S. The molecular weight excluding hydrogens is 266 g/mol. The Balaban J connectivity index is 1.71. The first-order valence-electron chi connectivity index (χ1n) is 8.42. The van der Waals surface area contributed by atoms with Gasteiger partial charge in [0.2, 0.25) is 0 Å². The Morgan fingerprint density at radius 2 is 1.95 bits per heavy atom. The maximum atomic E-state index is 4.72. The number of nitrogens with zero attached hydrogens (tertiary/aromatic N) is 2. The van der Waals surface area contributed by atoms with Gasteiger partial charge in [0.05, 0.1) is 6.54 Å². The standard InChI is InChI=1S/C16H31N3S/c1-4-14(5-2)15-11-17-16(20-15)18-13(3)12-19-9-7-6-8-10-19/h13-15H,4-12H2,1-3H3,(H,17,18). The first-order chi connectivity index (χ1) is 9.72. The molecule has 2 aliphatic heterocycles. The Morgan fingerprint density at radius 1 is 1.25 bits per heavy atom. The fraction of sp³-hybridized carbons (Fsp3) is 0.938. The molecule has 1 fully saturated rings. The molecule has 116 valence electrons. The summed E-state index contributed by atoms with van der Waals surface area (Å²) >= 11 is 1.98. The number of hydrogen-bond acceptors (Lipinski definition) is 4. The normalized spacial score (nSPS) is 25.8. The molecule has 0 spiro atoms. The van der Waals surface area contributed by atoms with Crippen molar-refractivity contribution in [3.05, 3.63) is 0 Å². The van der Waals surface area contributed by atoms with Gasteiger partial charge in [-0.05, 0) is 38.8 Å². The average Bonchev–Trinajstić information content (AvgIpc) is 2.89. The molecule has 0 bridgehead atoms. The smallest absolute Gasteiger partial charge is 0.157 e. The van der Waals surface area contributed by atoms with E-state index in [1.165, 1.54) is 50.4 Å². The molecule has 0 saturated carbocycles. The van der Waals surface area contributed by atoms with Gasteiger partial charge in [-0.3, -0.25) is 4.99 Å². The van der Waals surface area contributed by atoms with Gasteiger partial charge in [0.25, 0.3) is 0 Å². The summed E-state index contributed by atoms with van der Waals surface area (Å²) in [6.45, 7) is 11.6. The van der Waals surface area contributed by atoms with E-state index in [0.29, 0.717) is 11.3 Å². The quantitative estimate of drug-likeness (QED) is 0.814. The fourth-order valence-corrected chi connectivity index (χ4v) is 4.75. The molecule has 2 aliphatic rings. The summed E-state index contributed by atoms with van der Waals surface area (Å²) < 4.78 is 0. The Kier molecular flexibility index (Phi) is 6.69. The second kappa shape index (κ2) is 8.28. The van der Waals surface area contributed by atoms with Crippen LogP contribution >= 0.6 is 11.8 Å². The SMILES string of the molecule is CCC(CC)C1CN=C(NC(C)CN2CCCCC2)S1. The summed E-state index contributed by atoms with van der Waals surface area (Å²) in [5, 5.41) is 5.52. The second-order valence-electron chi connectivity index (χ2n) is 6.29. The van der Waals surface area contributed by atoms with Crippen molar-refractivity contribution in [2.45, 2.75) is 64.2 Å². The predicted molar refractivity (Wildman–Crippen MR) is 90.6 cm³/mol. The van der Waals surface area contributed by atoms with Crippen LogP contribution < -0.4 is 5.32 Å². The number of likely N-dealkylation sites (tertiary alicyclic amines) is 1. The lowest BCUT2D eigenvalue weighted by Gasteiger charge is -2.29. The number of amidine groups is 1.